The summed E-state index contributed by atoms with van der Waals surface area (Å²) in [5.41, 5.74) is 3.96. The van der Waals surface area contributed by atoms with Crippen molar-refractivity contribution in [3.8, 4) is 0 Å². The van der Waals surface area contributed by atoms with Crippen molar-refractivity contribution in [1.29, 1.82) is 0 Å². The van der Waals surface area contributed by atoms with Gasteiger partial charge in [0.05, 0.1) is 18.2 Å². The van der Waals surface area contributed by atoms with E-state index in [1.54, 1.807) is 6.07 Å². The molecule has 3 heterocycles. The van der Waals surface area contributed by atoms with Crippen molar-refractivity contribution in [3.63, 3.8) is 0 Å². The molecule has 2 aromatic carbocycles. The number of fused-ring (bicyclic) bond motifs is 4. The first-order valence-corrected chi connectivity index (χ1v) is 11.3. The summed E-state index contributed by atoms with van der Waals surface area (Å²) in [6, 6.07) is 17.2. The Labute approximate surface area is 191 Å². The number of pyridine rings is 1. The molecular formula is C26H26N4O3. The lowest BCUT2D eigenvalue weighted by Crippen LogP contribution is -2.44. The van der Waals surface area contributed by atoms with Crippen molar-refractivity contribution in [3.05, 3.63) is 71.5 Å². The fourth-order valence-electron chi connectivity index (χ4n) is 4.55. The summed E-state index contributed by atoms with van der Waals surface area (Å²) in [5.74, 6) is -0.552. The van der Waals surface area contributed by atoms with E-state index in [9.17, 15) is 9.59 Å². The Hall–Kier alpha value is -3.87. The minimum Gasteiger partial charge on any atom is -0.464 e. The minimum absolute atomic E-state index is 0.0417. The number of hydrogen-bond acceptors (Lipinski definition) is 5. The Bertz CT molecular complexity index is 1360. The number of methoxy groups -OCH3 is 1. The number of H-pyrrole nitrogens is 1. The molecule has 7 heteroatoms. The van der Waals surface area contributed by atoms with Gasteiger partial charge in [-0.25, -0.2) is 9.78 Å². The average Bonchev–Trinajstić information content (AvgIpc) is 3.23. The number of nitrogens with one attached hydrogen (secondary N) is 2. The number of carbonyl (C=O) groups excluding carboxylic acids is 2. The van der Waals surface area contributed by atoms with Crippen molar-refractivity contribution in [2.75, 3.05) is 19.0 Å². The number of esters is 1. The smallest absolute Gasteiger partial charge is 0.356 e. The third kappa shape index (κ3) is 3.59. The average molecular weight is 443 g/mol. The quantitative estimate of drug-likeness (QED) is 0.314. The number of carbonyl (C=O) groups is 2. The monoisotopic (exact) mass is 442 g/mol. The molecule has 1 amide bonds. The summed E-state index contributed by atoms with van der Waals surface area (Å²) in [4.78, 5) is 36.0. The zero-order valence-corrected chi connectivity index (χ0v) is 18.7. The molecule has 0 aliphatic carbocycles. The van der Waals surface area contributed by atoms with E-state index in [4.69, 9.17) is 9.72 Å². The third-order valence-corrected chi connectivity index (χ3v) is 6.20. The lowest BCUT2D eigenvalue weighted by Gasteiger charge is -2.37. The molecule has 168 valence electrons. The van der Waals surface area contributed by atoms with E-state index in [1.807, 2.05) is 53.4 Å². The Morgan fingerprint density at radius 2 is 1.88 bits per heavy atom. The summed E-state index contributed by atoms with van der Waals surface area (Å²) in [7, 11) is 1.35. The minimum atomic E-state index is -0.524. The molecule has 2 N–H and O–H groups in total. The summed E-state index contributed by atoms with van der Waals surface area (Å²) in [5, 5.41) is 5.37. The normalized spacial score (nSPS) is 15.5. The molecule has 0 fully saturated rings. The van der Waals surface area contributed by atoms with Crippen LogP contribution in [0.1, 0.15) is 58.9 Å². The fraction of sp³-hybridized carbons (Fsp3) is 0.269. The largest absolute Gasteiger partial charge is 0.464 e. The van der Waals surface area contributed by atoms with Gasteiger partial charge in [-0.2, -0.15) is 0 Å². The van der Waals surface area contributed by atoms with Gasteiger partial charge in [-0.05, 0) is 30.7 Å². The van der Waals surface area contributed by atoms with E-state index in [-0.39, 0.29) is 11.6 Å². The first-order valence-electron chi connectivity index (χ1n) is 11.3. The molecule has 5 rings (SSSR count). The summed E-state index contributed by atoms with van der Waals surface area (Å²) < 4.78 is 4.99. The Balaban J connectivity index is 1.72. The van der Waals surface area contributed by atoms with Crippen molar-refractivity contribution in [2.24, 2.45) is 0 Å². The highest BCUT2D eigenvalue weighted by Gasteiger charge is 2.35. The molecule has 1 aliphatic heterocycles. The van der Waals surface area contributed by atoms with Gasteiger partial charge in [0.2, 0.25) is 0 Å². The molecule has 1 aliphatic rings. The van der Waals surface area contributed by atoms with Crippen LogP contribution in [0.25, 0.3) is 21.8 Å². The molecule has 33 heavy (non-hydrogen) atoms. The molecular weight excluding hydrogens is 416 g/mol. The van der Waals surface area contributed by atoms with Gasteiger partial charge < -0.3 is 19.9 Å². The number of hydrogen-bond donors (Lipinski definition) is 2. The van der Waals surface area contributed by atoms with Crippen molar-refractivity contribution < 1.29 is 14.3 Å². The highest BCUT2D eigenvalue weighted by molar-refractivity contribution is 6.10. The van der Waals surface area contributed by atoms with Crippen LogP contribution in [0.2, 0.25) is 0 Å². The van der Waals surface area contributed by atoms with Crippen LogP contribution in [0.3, 0.4) is 0 Å². The molecule has 7 nitrogen and oxygen atoms in total. The number of amides is 1. The van der Waals surface area contributed by atoms with Crippen molar-refractivity contribution >= 4 is 39.4 Å². The number of benzene rings is 2. The third-order valence-electron chi connectivity index (χ3n) is 6.20. The summed E-state index contributed by atoms with van der Waals surface area (Å²) in [6.07, 6.45) is 2.44. The molecule has 0 bridgehead atoms. The Kier molecular flexibility index (Phi) is 5.46. The second-order valence-electron chi connectivity index (χ2n) is 8.28. The maximum atomic E-state index is 13.5. The van der Waals surface area contributed by atoms with Crippen LogP contribution >= 0.6 is 0 Å². The standard InChI is InChI=1S/C26H26N4O3/c1-3-4-9-14-30-24(29-20-13-8-6-11-17(20)25(30)31)23-22-18(15-21(28-23)26(32)33-2)16-10-5-7-12-19(16)27-22/h5-8,10-13,15,24,27,29H,3-4,9,14H2,1-2H3. The Morgan fingerprint density at radius 3 is 2.70 bits per heavy atom. The maximum absolute atomic E-state index is 13.5. The number of rotatable bonds is 6. The number of para-hydroxylation sites is 2. The van der Waals surface area contributed by atoms with Gasteiger partial charge in [0.1, 0.15) is 17.6 Å². The van der Waals surface area contributed by atoms with Gasteiger partial charge in [0.15, 0.2) is 0 Å². The number of ether oxygens (including phenoxy) is 1. The topological polar surface area (TPSA) is 87.3 Å². The number of anilines is 1. The highest BCUT2D eigenvalue weighted by atomic mass is 16.5. The van der Waals surface area contributed by atoms with E-state index in [2.05, 4.69) is 17.2 Å². The van der Waals surface area contributed by atoms with Gasteiger partial charge in [-0.3, -0.25) is 4.79 Å². The molecule has 1 atom stereocenters. The molecule has 0 spiro atoms. The lowest BCUT2D eigenvalue weighted by atomic mass is 10.0. The first kappa shape index (κ1) is 21.0. The van der Waals surface area contributed by atoms with Crippen molar-refractivity contribution in [1.82, 2.24) is 14.9 Å². The van der Waals surface area contributed by atoms with Gasteiger partial charge in [0.25, 0.3) is 5.91 Å². The predicted molar refractivity (Wildman–Crippen MR) is 128 cm³/mol. The van der Waals surface area contributed by atoms with E-state index in [1.165, 1.54) is 7.11 Å². The van der Waals surface area contributed by atoms with Crippen molar-refractivity contribution in [2.45, 2.75) is 32.4 Å². The summed E-state index contributed by atoms with van der Waals surface area (Å²) in [6.45, 7) is 2.73. The van der Waals surface area contributed by atoms with E-state index >= 15 is 0 Å². The first-order chi connectivity index (χ1) is 16.1. The highest BCUT2D eigenvalue weighted by Crippen LogP contribution is 2.37. The van der Waals surface area contributed by atoms with E-state index in [0.29, 0.717) is 17.8 Å². The van der Waals surface area contributed by atoms with Crippen LogP contribution in [0.4, 0.5) is 5.69 Å². The number of aromatic nitrogens is 2. The van der Waals surface area contributed by atoms with Crippen LogP contribution in [-0.4, -0.2) is 40.4 Å². The van der Waals surface area contributed by atoms with E-state index in [0.717, 1.165) is 46.8 Å². The second-order valence-corrected chi connectivity index (χ2v) is 8.28. The van der Waals surface area contributed by atoms with Crippen LogP contribution in [0, 0.1) is 0 Å². The molecule has 2 aromatic heterocycles. The number of nitrogens with zero attached hydrogens (tertiary/aromatic N) is 2. The molecule has 0 saturated carbocycles. The fourth-order valence-corrected chi connectivity index (χ4v) is 4.55. The van der Waals surface area contributed by atoms with Gasteiger partial charge in [-0.15, -0.1) is 0 Å². The van der Waals surface area contributed by atoms with Gasteiger partial charge >= 0.3 is 5.97 Å². The molecule has 0 saturated heterocycles. The van der Waals surface area contributed by atoms with Gasteiger partial charge in [-0.1, -0.05) is 50.1 Å². The second kappa shape index (κ2) is 8.58. The lowest BCUT2D eigenvalue weighted by molar-refractivity contribution is 0.0593. The zero-order valence-electron chi connectivity index (χ0n) is 18.7. The number of aromatic amines is 1. The molecule has 1 unspecified atom stereocenters. The zero-order chi connectivity index (χ0) is 22.9. The number of unbranched alkanes of at least 4 members (excludes halogenated alkanes) is 2. The van der Waals surface area contributed by atoms with E-state index < -0.39 is 12.1 Å². The summed E-state index contributed by atoms with van der Waals surface area (Å²) >= 11 is 0. The Morgan fingerprint density at radius 1 is 1.09 bits per heavy atom. The maximum Gasteiger partial charge on any atom is 0.356 e. The van der Waals surface area contributed by atoms with Crippen LogP contribution in [0.15, 0.2) is 54.6 Å². The van der Waals surface area contributed by atoms with Gasteiger partial charge in [0, 0.05) is 28.5 Å². The van der Waals surface area contributed by atoms with Crippen LogP contribution < -0.4 is 5.32 Å². The van der Waals surface area contributed by atoms with Crippen LogP contribution in [0.5, 0.6) is 0 Å². The molecule has 4 aromatic rings. The predicted octanol–water partition coefficient (Wildman–Crippen LogP) is 5.26. The van der Waals surface area contributed by atoms with Crippen LogP contribution in [-0.2, 0) is 4.74 Å². The SMILES string of the molecule is CCCCCN1C(=O)c2ccccc2NC1c1nc(C(=O)OC)cc2c1[nH]c1ccccc12. The molecule has 0 radical (unpaired) electrons.